The van der Waals surface area contributed by atoms with E-state index in [1.54, 1.807) is 12.2 Å². The number of rotatable bonds is 2. The first kappa shape index (κ1) is 10.6. The molecule has 2 rings (SSSR count). The maximum atomic E-state index is 5.02. The van der Waals surface area contributed by atoms with Crippen LogP contribution in [0.5, 0.6) is 0 Å². The van der Waals surface area contributed by atoms with Crippen molar-refractivity contribution in [2.75, 3.05) is 7.11 Å². The standard InChI is InChI=1S/C14H14NO/c1-16-15-11-9-14(10-12-15)8-7-13-5-3-2-4-6-13/h2-12H,1H3/q-1. The van der Waals surface area contributed by atoms with Gasteiger partial charge in [0.1, 0.15) is 0 Å². The van der Waals surface area contributed by atoms with Crippen LogP contribution in [0.4, 0.5) is 0 Å². The maximum absolute atomic E-state index is 5.02. The molecule has 1 heterocycles. The molecule has 1 aliphatic carbocycles. The van der Waals surface area contributed by atoms with Crippen LogP contribution < -0.4 is 0 Å². The molecule has 0 bridgehead atoms. The Morgan fingerprint density at radius 3 is 2.56 bits per heavy atom. The van der Waals surface area contributed by atoms with Crippen molar-refractivity contribution in [3.05, 3.63) is 78.6 Å². The van der Waals surface area contributed by atoms with Crippen molar-refractivity contribution in [3.63, 3.8) is 0 Å². The third-order valence-electron chi connectivity index (χ3n) is 2.31. The van der Waals surface area contributed by atoms with Crippen LogP contribution in [0.15, 0.2) is 72.2 Å². The predicted molar refractivity (Wildman–Crippen MR) is 65.9 cm³/mol. The van der Waals surface area contributed by atoms with Crippen LogP contribution in [-0.4, -0.2) is 12.2 Å². The van der Waals surface area contributed by atoms with Crippen LogP contribution in [0.25, 0.3) is 0 Å². The van der Waals surface area contributed by atoms with Gasteiger partial charge in [0.05, 0.1) is 7.11 Å². The van der Waals surface area contributed by atoms with Gasteiger partial charge in [0.25, 0.3) is 0 Å². The number of hydrogen-bond donors (Lipinski definition) is 0. The van der Waals surface area contributed by atoms with Crippen molar-refractivity contribution < 1.29 is 4.84 Å². The molecule has 0 unspecified atom stereocenters. The van der Waals surface area contributed by atoms with E-state index in [1.807, 2.05) is 42.8 Å². The topological polar surface area (TPSA) is 12.5 Å². The lowest BCUT2D eigenvalue weighted by atomic mass is 10.1. The number of hydroxylamine groups is 2. The van der Waals surface area contributed by atoms with Crippen molar-refractivity contribution in [2.24, 2.45) is 0 Å². The van der Waals surface area contributed by atoms with Gasteiger partial charge in [-0.15, -0.1) is 42.4 Å². The lowest BCUT2D eigenvalue weighted by Gasteiger charge is -2.15. The molecule has 0 fully saturated rings. The van der Waals surface area contributed by atoms with E-state index in [-0.39, 0.29) is 0 Å². The second-order valence-corrected chi connectivity index (χ2v) is 3.42. The fourth-order valence-electron chi connectivity index (χ4n) is 1.41. The Balaban J connectivity index is 2.02. The zero-order chi connectivity index (χ0) is 11.2. The van der Waals surface area contributed by atoms with Crippen LogP contribution in [0.2, 0.25) is 0 Å². The van der Waals surface area contributed by atoms with Crippen LogP contribution >= 0.6 is 0 Å². The molecule has 16 heavy (non-hydrogen) atoms. The molecule has 0 saturated heterocycles. The Bertz CT molecular complexity index is 406. The third kappa shape index (κ3) is 2.78. The van der Waals surface area contributed by atoms with E-state index in [4.69, 9.17) is 4.84 Å². The van der Waals surface area contributed by atoms with Gasteiger partial charge in [-0.3, -0.25) is 4.84 Å². The number of nitrogens with zero attached hydrogens (tertiary/aromatic N) is 1. The second-order valence-electron chi connectivity index (χ2n) is 3.42. The zero-order valence-corrected chi connectivity index (χ0v) is 9.21. The fourth-order valence-corrected chi connectivity index (χ4v) is 1.41. The smallest absolute Gasteiger partial charge is 0.0643 e. The average molecular weight is 212 g/mol. The van der Waals surface area contributed by atoms with Crippen molar-refractivity contribution in [3.8, 4) is 0 Å². The SMILES string of the molecule is CON1C=CC(=CC=C2C=CC=C[CH-]2)C=C1. The van der Waals surface area contributed by atoms with E-state index in [9.17, 15) is 0 Å². The summed E-state index contributed by atoms with van der Waals surface area (Å²) < 4.78 is 0. The molecule has 0 atom stereocenters. The molecular weight excluding hydrogens is 198 g/mol. The van der Waals surface area contributed by atoms with Gasteiger partial charge in [-0.1, -0.05) is 6.08 Å². The van der Waals surface area contributed by atoms with E-state index in [1.165, 1.54) is 5.57 Å². The molecule has 82 valence electrons. The highest BCUT2D eigenvalue weighted by Crippen LogP contribution is 2.13. The van der Waals surface area contributed by atoms with Crippen molar-refractivity contribution in [2.45, 2.75) is 0 Å². The Labute approximate surface area is 96.2 Å². The van der Waals surface area contributed by atoms with Crippen LogP contribution in [0.1, 0.15) is 0 Å². The van der Waals surface area contributed by atoms with Crippen LogP contribution in [-0.2, 0) is 4.84 Å². The molecule has 2 nitrogen and oxygen atoms in total. The average Bonchev–Trinajstić information content (AvgIpc) is 2.38. The highest BCUT2D eigenvalue weighted by molar-refractivity contribution is 5.44. The molecular formula is C14H14NO-. The molecule has 0 amide bonds. The molecule has 2 heteroatoms. The molecule has 0 radical (unpaired) electrons. The van der Waals surface area contributed by atoms with Gasteiger partial charge >= 0.3 is 0 Å². The normalized spacial score (nSPS) is 20.4. The molecule has 0 spiro atoms. The second kappa shape index (κ2) is 5.24. The number of allylic oxidation sites excluding steroid dienone is 10. The van der Waals surface area contributed by atoms with E-state index in [0.29, 0.717) is 0 Å². The Kier molecular flexibility index (Phi) is 3.46. The van der Waals surface area contributed by atoms with Gasteiger partial charge in [0, 0.05) is 12.4 Å². The summed E-state index contributed by atoms with van der Waals surface area (Å²) in [6.07, 6.45) is 22.2. The predicted octanol–water partition coefficient (Wildman–Crippen LogP) is 3.07. The maximum Gasteiger partial charge on any atom is 0.0643 e. The summed E-state index contributed by atoms with van der Waals surface area (Å²) in [5.41, 5.74) is 2.35. The molecule has 0 aromatic rings. The van der Waals surface area contributed by atoms with Crippen LogP contribution in [0.3, 0.4) is 0 Å². The summed E-state index contributed by atoms with van der Waals surface area (Å²) in [6, 6.07) is 0. The van der Waals surface area contributed by atoms with Gasteiger partial charge in [0.2, 0.25) is 0 Å². The zero-order valence-electron chi connectivity index (χ0n) is 9.21. The molecule has 0 aromatic heterocycles. The monoisotopic (exact) mass is 212 g/mol. The fraction of sp³-hybridized carbons (Fsp3) is 0.0714. The van der Waals surface area contributed by atoms with Crippen molar-refractivity contribution >= 4 is 0 Å². The molecule has 1 aliphatic heterocycles. The highest BCUT2D eigenvalue weighted by Gasteiger charge is 1.96. The highest BCUT2D eigenvalue weighted by atomic mass is 16.7. The van der Waals surface area contributed by atoms with Crippen molar-refractivity contribution in [1.82, 2.24) is 5.06 Å². The van der Waals surface area contributed by atoms with E-state index in [2.05, 4.69) is 24.6 Å². The Morgan fingerprint density at radius 2 is 1.94 bits per heavy atom. The van der Waals surface area contributed by atoms with Gasteiger partial charge in [0.15, 0.2) is 0 Å². The summed E-state index contributed by atoms with van der Waals surface area (Å²) in [4.78, 5) is 5.02. The Morgan fingerprint density at radius 1 is 1.12 bits per heavy atom. The summed E-state index contributed by atoms with van der Waals surface area (Å²) in [6.45, 7) is 0. The molecule has 0 N–H and O–H groups in total. The largest absolute Gasteiger partial charge is 0.273 e. The molecule has 0 saturated carbocycles. The van der Waals surface area contributed by atoms with Gasteiger partial charge in [-0.25, -0.2) is 5.06 Å². The first-order valence-electron chi connectivity index (χ1n) is 5.17. The Hall–Kier alpha value is -1.93. The minimum Gasteiger partial charge on any atom is -0.273 e. The van der Waals surface area contributed by atoms with Gasteiger partial charge < -0.3 is 0 Å². The summed E-state index contributed by atoms with van der Waals surface area (Å²) in [5.74, 6) is 0. The minimum absolute atomic E-state index is 1.15. The third-order valence-corrected chi connectivity index (χ3v) is 2.31. The first-order valence-corrected chi connectivity index (χ1v) is 5.17. The number of hydrogen-bond acceptors (Lipinski definition) is 2. The van der Waals surface area contributed by atoms with Gasteiger partial charge in [-0.05, 0) is 17.7 Å². The summed E-state index contributed by atoms with van der Waals surface area (Å²) in [5, 5.41) is 1.65. The van der Waals surface area contributed by atoms with E-state index in [0.717, 1.165) is 5.57 Å². The lowest BCUT2D eigenvalue weighted by molar-refractivity contribution is -0.0444. The van der Waals surface area contributed by atoms with Crippen molar-refractivity contribution in [1.29, 1.82) is 0 Å². The minimum atomic E-state index is 1.15. The lowest BCUT2D eigenvalue weighted by Crippen LogP contribution is -2.08. The first-order chi connectivity index (χ1) is 7.88. The summed E-state index contributed by atoms with van der Waals surface area (Å²) in [7, 11) is 1.64. The van der Waals surface area contributed by atoms with E-state index < -0.39 is 0 Å². The van der Waals surface area contributed by atoms with E-state index >= 15 is 0 Å². The summed E-state index contributed by atoms with van der Waals surface area (Å²) >= 11 is 0. The molecule has 2 aliphatic rings. The van der Waals surface area contributed by atoms with Crippen LogP contribution in [0, 0.1) is 6.42 Å². The quantitative estimate of drug-likeness (QED) is 0.652. The van der Waals surface area contributed by atoms with Gasteiger partial charge in [-0.2, -0.15) is 0 Å². The molecule has 0 aromatic carbocycles.